The van der Waals surface area contributed by atoms with Crippen molar-refractivity contribution in [2.24, 2.45) is 0 Å². The zero-order valence-corrected chi connectivity index (χ0v) is 13.1. The fourth-order valence-corrected chi connectivity index (χ4v) is 2.59. The summed E-state index contributed by atoms with van der Waals surface area (Å²) in [7, 11) is 0. The van der Waals surface area contributed by atoms with E-state index >= 15 is 0 Å². The molecule has 1 unspecified atom stereocenters. The molecule has 21 heavy (non-hydrogen) atoms. The highest BCUT2D eigenvalue weighted by atomic mass is 79.9. The van der Waals surface area contributed by atoms with Crippen LogP contribution in [0.15, 0.2) is 22.7 Å². The predicted molar refractivity (Wildman–Crippen MR) is 78.3 cm³/mol. The van der Waals surface area contributed by atoms with Crippen LogP contribution in [0.5, 0.6) is 5.75 Å². The molecule has 1 saturated heterocycles. The van der Waals surface area contributed by atoms with Crippen LogP contribution in [0.2, 0.25) is 0 Å². The molecular weight excluding hydrogens is 342 g/mol. The molecule has 1 aliphatic heterocycles. The number of benzene rings is 1. The topological polar surface area (TPSA) is 76.1 Å². The number of morpholine rings is 1. The van der Waals surface area contributed by atoms with Gasteiger partial charge in [0.1, 0.15) is 5.75 Å². The molecule has 6 nitrogen and oxygen atoms in total. The Morgan fingerprint density at radius 2 is 2.29 bits per heavy atom. The molecule has 1 atom stereocenters. The second-order valence-electron chi connectivity index (χ2n) is 4.76. The summed E-state index contributed by atoms with van der Waals surface area (Å²) in [6.45, 7) is 2.47. The number of aliphatic carboxylic acids is 1. The molecule has 1 aromatic rings. The van der Waals surface area contributed by atoms with Crippen molar-refractivity contribution in [2.45, 2.75) is 13.0 Å². The van der Waals surface area contributed by atoms with Crippen LogP contribution in [-0.4, -0.2) is 54.3 Å². The van der Waals surface area contributed by atoms with Crippen molar-refractivity contribution in [3.8, 4) is 5.75 Å². The minimum absolute atomic E-state index is 0.0482. The molecule has 0 aromatic heterocycles. The van der Waals surface area contributed by atoms with Gasteiger partial charge in [-0.25, -0.2) is 4.79 Å². The second kappa shape index (κ2) is 6.91. The smallest absolute Gasteiger partial charge is 0.334 e. The third-order valence-corrected chi connectivity index (χ3v) is 3.75. The number of amides is 1. The van der Waals surface area contributed by atoms with Crippen LogP contribution < -0.4 is 4.74 Å². The lowest BCUT2D eigenvalue weighted by atomic mass is 10.2. The van der Waals surface area contributed by atoms with Crippen molar-refractivity contribution in [3.63, 3.8) is 0 Å². The number of ether oxygens (including phenoxy) is 2. The Kier molecular flexibility index (Phi) is 5.19. The third kappa shape index (κ3) is 4.18. The maximum atomic E-state index is 12.1. The summed E-state index contributed by atoms with van der Waals surface area (Å²) in [6.07, 6.45) is -0.964. The quantitative estimate of drug-likeness (QED) is 0.882. The van der Waals surface area contributed by atoms with Crippen LogP contribution in [0.3, 0.4) is 0 Å². The van der Waals surface area contributed by atoms with Gasteiger partial charge in [0.2, 0.25) is 0 Å². The van der Waals surface area contributed by atoms with Gasteiger partial charge in [-0.1, -0.05) is 6.07 Å². The van der Waals surface area contributed by atoms with Gasteiger partial charge in [-0.05, 0) is 40.5 Å². The standard InChI is InChI=1S/C14H16BrNO5/c1-9-2-3-11(10(15)6-9)21-8-13(17)16-4-5-20-12(7-16)14(18)19/h2-3,6,12H,4-5,7-8H2,1H3,(H,18,19). The van der Waals surface area contributed by atoms with Crippen molar-refractivity contribution >= 4 is 27.8 Å². The first-order valence-corrected chi connectivity index (χ1v) is 7.28. The van der Waals surface area contributed by atoms with E-state index in [1.165, 1.54) is 4.90 Å². The molecule has 1 aromatic carbocycles. The van der Waals surface area contributed by atoms with Gasteiger partial charge in [0.05, 0.1) is 17.6 Å². The lowest BCUT2D eigenvalue weighted by molar-refractivity contribution is -0.159. The second-order valence-corrected chi connectivity index (χ2v) is 5.61. The zero-order valence-electron chi connectivity index (χ0n) is 11.5. The van der Waals surface area contributed by atoms with Crippen LogP contribution in [0.25, 0.3) is 0 Å². The Labute approximate surface area is 130 Å². The van der Waals surface area contributed by atoms with Crippen molar-refractivity contribution in [1.29, 1.82) is 0 Å². The SMILES string of the molecule is Cc1ccc(OCC(=O)N2CCOC(C(=O)O)C2)c(Br)c1. The number of carboxylic acids is 1. The average Bonchev–Trinajstić information content (AvgIpc) is 2.46. The van der Waals surface area contributed by atoms with Crippen LogP contribution in [-0.2, 0) is 14.3 Å². The lowest BCUT2D eigenvalue weighted by Crippen LogP contribution is -2.49. The highest BCUT2D eigenvalue weighted by molar-refractivity contribution is 9.10. The molecule has 2 rings (SSSR count). The van der Waals surface area contributed by atoms with Gasteiger partial charge < -0.3 is 19.5 Å². The summed E-state index contributed by atoms with van der Waals surface area (Å²) in [5, 5.41) is 8.91. The van der Waals surface area contributed by atoms with E-state index in [1.54, 1.807) is 6.07 Å². The zero-order chi connectivity index (χ0) is 15.4. The predicted octanol–water partition coefficient (Wildman–Crippen LogP) is 1.45. The van der Waals surface area contributed by atoms with Gasteiger partial charge in [-0.15, -0.1) is 0 Å². The van der Waals surface area contributed by atoms with Crippen LogP contribution >= 0.6 is 15.9 Å². The largest absolute Gasteiger partial charge is 0.483 e. The molecule has 0 spiro atoms. The van der Waals surface area contributed by atoms with Crippen molar-refractivity contribution in [3.05, 3.63) is 28.2 Å². The fraction of sp³-hybridized carbons (Fsp3) is 0.429. The number of carboxylic acid groups (broad SMARTS) is 1. The first-order chi connectivity index (χ1) is 9.97. The third-order valence-electron chi connectivity index (χ3n) is 3.13. The highest BCUT2D eigenvalue weighted by Gasteiger charge is 2.29. The van der Waals surface area contributed by atoms with Gasteiger partial charge in [0.15, 0.2) is 12.7 Å². The van der Waals surface area contributed by atoms with E-state index in [-0.39, 0.29) is 25.7 Å². The number of hydrogen-bond donors (Lipinski definition) is 1. The fourth-order valence-electron chi connectivity index (χ4n) is 1.98. The molecule has 7 heteroatoms. The Morgan fingerprint density at radius 3 is 2.95 bits per heavy atom. The van der Waals surface area contributed by atoms with Crippen LogP contribution in [0, 0.1) is 6.92 Å². The van der Waals surface area contributed by atoms with Crippen molar-refractivity contribution in [2.75, 3.05) is 26.3 Å². The van der Waals surface area contributed by atoms with E-state index in [1.807, 2.05) is 19.1 Å². The molecule has 0 saturated carbocycles. The van der Waals surface area contributed by atoms with Crippen LogP contribution in [0.4, 0.5) is 0 Å². The number of nitrogens with zero attached hydrogens (tertiary/aromatic N) is 1. The Balaban J connectivity index is 1.90. The van der Waals surface area contributed by atoms with Gasteiger partial charge in [0.25, 0.3) is 5.91 Å². The molecule has 114 valence electrons. The Hall–Kier alpha value is -1.60. The Morgan fingerprint density at radius 1 is 1.52 bits per heavy atom. The number of aryl methyl sites for hydroxylation is 1. The van der Waals surface area contributed by atoms with Gasteiger partial charge >= 0.3 is 5.97 Å². The molecule has 1 amide bonds. The number of carbonyl (C=O) groups excluding carboxylic acids is 1. The minimum atomic E-state index is -1.06. The summed E-state index contributed by atoms with van der Waals surface area (Å²) in [5.74, 6) is -0.733. The van der Waals surface area contributed by atoms with E-state index in [4.69, 9.17) is 14.6 Å². The van der Waals surface area contributed by atoms with E-state index in [9.17, 15) is 9.59 Å². The minimum Gasteiger partial charge on any atom is -0.483 e. The lowest BCUT2D eigenvalue weighted by Gasteiger charge is -2.30. The number of hydrogen-bond acceptors (Lipinski definition) is 4. The van der Waals surface area contributed by atoms with E-state index in [0.29, 0.717) is 12.3 Å². The maximum Gasteiger partial charge on any atom is 0.334 e. The molecule has 0 radical (unpaired) electrons. The number of rotatable bonds is 4. The molecule has 1 aliphatic rings. The number of carbonyl (C=O) groups is 2. The normalized spacial score (nSPS) is 18.4. The van der Waals surface area contributed by atoms with Crippen molar-refractivity contribution in [1.82, 2.24) is 4.90 Å². The van der Waals surface area contributed by atoms with E-state index in [2.05, 4.69) is 15.9 Å². The Bertz CT molecular complexity index is 548. The van der Waals surface area contributed by atoms with Crippen molar-refractivity contribution < 1.29 is 24.2 Å². The van der Waals surface area contributed by atoms with E-state index in [0.717, 1.165) is 10.0 Å². The summed E-state index contributed by atoms with van der Waals surface area (Å²) in [6, 6.07) is 5.57. The first-order valence-electron chi connectivity index (χ1n) is 6.48. The molecule has 1 N–H and O–H groups in total. The highest BCUT2D eigenvalue weighted by Crippen LogP contribution is 2.25. The monoisotopic (exact) mass is 357 g/mol. The molecule has 0 bridgehead atoms. The number of halogens is 1. The maximum absolute atomic E-state index is 12.1. The summed E-state index contributed by atoms with van der Waals surface area (Å²) >= 11 is 3.37. The molecule has 1 heterocycles. The van der Waals surface area contributed by atoms with Gasteiger partial charge in [-0.3, -0.25) is 4.79 Å². The van der Waals surface area contributed by atoms with E-state index < -0.39 is 12.1 Å². The summed E-state index contributed by atoms with van der Waals surface area (Å²) in [4.78, 5) is 24.4. The van der Waals surface area contributed by atoms with Crippen LogP contribution in [0.1, 0.15) is 5.56 Å². The molecule has 1 fully saturated rings. The molecule has 0 aliphatic carbocycles. The average molecular weight is 358 g/mol. The van der Waals surface area contributed by atoms with Gasteiger partial charge in [0, 0.05) is 6.54 Å². The summed E-state index contributed by atoms with van der Waals surface area (Å²) < 4.78 is 11.3. The molecular formula is C14H16BrNO5. The summed E-state index contributed by atoms with van der Waals surface area (Å²) in [5.41, 5.74) is 1.08. The first kappa shape index (κ1) is 15.8. The van der Waals surface area contributed by atoms with Gasteiger partial charge in [-0.2, -0.15) is 0 Å².